The highest BCUT2D eigenvalue weighted by molar-refractivity contribution is 5.03. The van der Waals surface area contributed by atoms with Crippen LogP contribution in [-0.2, 0) is 7.05 Å². The summed E-state index contributed by atoms with van der Waals surface area (Å²) in [7, 11) is 3.85. The summed E-state index contributed by atoms with van der Waals surface area (Å²) in [6, 6.07) is 0.162. The maximum atomic E-state index is 5.23. The molecular weight excluding hydrogens is 150 g/mol. The monoisotopic (exact) mass is 163 g/mol. The van der Waals surface area contributed by atoms with Gasteiger partial charge in [-0.15, -0.1) is 12.3 Å². The van der Waals surface area contributed by atoms with E-state index in [1.54, 1.807) is 6.20 Å². The van der Waals surface area contributed by atoms with E-state index in [1.807, 2.05) is 24.9 Å². The lowest BCUT2D eigenvalue weighted by molar-refractivity contribution is 0.553. The molecule has 1 unspecified atom stereocenters. The molecule has 3 heteroatoms. The Bertz CT molecular complexity index is 282. The molecular formula is C9H13N3. The van der Waals surface area contributed by atoms with E-state index in [1.165, 1.54) is 0 Å². The molecule has 0 saturated carbocycles. The number of aryl methyl sites for hydroxylation is 1. The summed E-state index contributed by atoms with van der Waals surface area (Å²) in [5.41, 5.74) is 0. The van der Waals surface area contributed by atoms with E-state index >= 15 is 0 Å². The Kier molecular flexibility index (Phi) is 2.89. The Labute approximate surface area is 72.8 Å². The molecule has 0 aromatic carbocycles. The number of rotatable bonds is 3. The number of aromatic nitrogens is 2. The van der Waals surface area contributed by atoms with Gasteiger partial charge in [0.2, 0.25) is 0 Å². The van der Waals surface area contributed by atoms with Crippen LogP contribution in [0.4, 0.5) is 0 Å². The molecule has 0 fully saturated rings. The first-order valence-corrected chi connectivity index (χ1v) is 3.87. The van der Waals surface area contributed by atoms with Gasteiger partial charge in [0.25, 0.3) is 0 Å². The van der Waals surface area contributed by atoms with Gasteiger partial charge in [0, 0.05) is 25.9 Å². The Hall–Kier alpha value is -1.27. The summed E-state index contributed by atoms with van der Waals surface area (Å²) in [6.07, 6.45) is 9.59. The summed E-state index contributed by atoms with van der Waals surface area (Å²) in [4.78, 5) is 4.21. The second-order valence-corrected chi connectivity index (χ2v) is 2.65. The van der Waals surface area contributed by atoms with Gasteiger partial charge in [0.15, 0.2) is 0 Å². The van der Waals surface area contributed by atoms with Crippen LogP contribution in [0.2, 0.25) is 0 Å². The maximum absolute atomic E-state index is 5.23. The number of hydrogen-bond acceptors (Lipinski definition) is 2. The Morgan fingerprint density at radius 2 is 2.58 bits per heavy atom. The molecule has 0 aliphatic rings. The van der Waals surface area contributed by atoms with Crippen molar-refractivity contribution in [1.82, 2.24) is 14.9 Å². The third-order valence-corrected chi connectivity index (χ3v) is 1.84. The molecule has 0 aliphatic carbocycles. The quantitative estimate of drug-likeness (QED) is 0.665. The molecule has 0 bridgehead atoms. The van der Waals surface area contributed by atoms with Crippen molar-refractivity contribution < 1.29 is 0 Å². The van der Waals surface area contributed by atoms with Gasteiger partial charge in [-0.3, -0.25) is 0 Å². The van der Waals surface area contributed by atoms with Gasteiger partial charge < -0.3 is 9.88 Å². The first-order valence-electron chi connectivity index (χ1n) is 3.87. The van der Waals surface area contributed by atoms with E-state index < -0.39 is 0 Å². The first-order chi connectivity index (χ1) is 5.79. The maximum Gasteiger partial charge on any atom is 0.126 e. The smallest absolute Gasteiger partial charge is 0.126 e. The zero-order valence-corrected chi connectivity index (χ0v) is 7.41. The lowest BCUT2D eigenvalue weighted by atomic mass is 10.2. The van der Waals surface area contributed by atoms with Crippen LogP contribution in [0.1, 0.15) is 18.3 Å². The molecule has 1 atom stereocenters. The van der Waals surface area contributed by atoms with Gasteiger partial charge in [-0.2, -0.15) is 0 Å². The standard InChI is InChI=1S/C9H13N3/c1-4-5-8(10-2)9-11-6-7-12(9)3/h1,6-8,10H,5H2,2-3H3. The average Bonchev–Trinajstić information content (AvgIpc) is 2.47. The van der Waals surface area contributed by atoms with E-state index in [0.29, 0.717) is 6.42 Å². The predicted molar refractivity (Wildman–Crippen MR) is 48.5 cm³/mol. The summed E-state index contributed by atoms with van der Waals surface area (Å²) in [6.45, 7) is 0. The van der Waals surface area contributed by atoms with E-state index in [-0.39, 0.29) is 6.04 Å². The van der Waals surface area contributed by atoms with Crippen LogP contribution < -0.4 is 5.32 Å². The van der Waals surface area contributed by atoms with Crippen molar-refractivity contribution in [2.75, 3.05) is 7.05 Å². The van der Waals surface area contributed by atoms with Gasteiger partial charge in [0.1, 0.15) is 5.82 Å². The molecule has 0 spiro atoms. The minimum Gasteiger partial charge on any atom is -0.337 e. The number of nitrogens with one attached hydrogen (secondary N) is 1. The van der Waals surface area contributed by atoms with E-state index in [4.69, 9.17) is 6.42 Å². The van der Waals surface area contributed by atoms with E-state index in [9.17, 15) is 0 Å². The number of hydrogen-bond donors (Lipinski definition) is 1. The van der Waals surface area contributed by atoms with Gasteiger partial charge in [-0.1, -0.05) is 0 Å². The molecule has 0 amide bonds. The number of terminal acetylenes is 1. The minimum absolute atomic E-state index is 0.162. The van der Waals surface area contributed by atoms with Crippen LogP contribution >= 0.6 is 0 Å². The molecule has 12 heavy (non-hydrogen) atoms. The fourth-order valence-electron chi connectivity index (χ4n) is 1.15. The Balaban J connectivity index is 2.81. The van der Waals surface area contributed by atoms with Crippen molar-refractivity contribution >= 4 is 0 Å². The molecule has 1 rings (SSSR count). The highest BCUT2D eigenvalue weighted by Gasteiger charge is 2.11. The Morgan fingerprint density at radius 3 is 3.00 bits per heavy atom. The van der Waals surface area contributed by atoms with Crippen LogP contribution in [0.5, 0.6) is 0 Å². The molecule has 0 radical (unpaired) electrons. The highest BCUT2D eigenvalue weighted by atomic mass is 15.1. The van der Waals surface area contributed by atoms with Crippen LogP contribution in [0.25, 0.3) is 0 Å². The SMILES string of the molecule is C#CCC(NC)c1nccn1C. The molecule has 1 aromatic rings. The fraction of sp³-hybridized carbons (Fsp3) is 0.444. The second-order valence-electron chi connectivity index (χ2n) is 2.65. The Morgan fingerprint density at radius 1 is 1.83 bits per heavy atom. The predicted octanol–water partition coefficient (Wildman–Crippen LogP) is 0.704. The first kappa shape index (κ1) is 8.82. The average molecular weight is 163 g/mol. The summed E-state index contributed by atoms with van der Waals surface area (Å²) >= 11 is 0. The van der Waals surface area contributed by atoms with Gasteiger partial charge in [-0.05, 0) is 7.05 Å². The second kappa shape index (κ2) is 3.93. The lowest BCUT2D eigenvalue weighted by Crippen LogP contribution is -2.19. The molecule has 1 N–H and O–H groups in total. The van der Waals surface area contributed by atoms with Crippen LogP contribution in [0.15, 0.2) is 12.4 Å². The van der Waals surface area contributed by atoms with Crippen molar-refractivity contribution in [3.05, 3.63) is 18.2 Å². The van der Waals surface area contributed by atoms with Crippen molar-refractivity contribution in [2.24, 2.45) is 7.05 Å². The van der Waals surface area contributed by atoms with Crippen LogP contribution in [-0.4, -0.2) is 16.6 Å². The molecule has 1 heterocycles. The van der Waals surface area contributed by atoms with Gasteiger partial charge in [0.05, 0.1) is 6.04 Å². The van der Waals surface area contributed by atoms with E-state index in [0.717, 1.165) is 5.82 Å². The molecule has 3 nitrogen and oxygen atoms in total. The van der Waals surface area contributed by atoms with Crippen LogP contribution in [0.3, 0.4) is 0 Å². The normalized spacial score (nSPS) is 12.4. The molecule has 1 aromatic heterocycles. The molecule has 64 valence electrons. The summed E-state index contributed by atoms with van der Waals surface area (Å²) < 4.78 is 1.97. The number of imidazole rings is 1. The molecule has 0 saturated heterocycles. The summed E-state index contributed by atoms with van der Waals surface area (Å²) in [5, 5.41) is 3.12. The number of nitrogens with zero attached hydrogens (tertiary/aromatic N) is 2. The van der Waals surface area contributed by atoms with E-state index in [2.05, 4.69) is 16.2 Å². The largest absolute Gasteiger partial charge is 0.337 e. The third-order valence-electron chi connectivity index (χ3n) is 1.84. The molecule has 0 aliphatic heterocycles. The van der Waals surface area contributed by atoms with Crippen molar-refractivity contribution in [3.8, 4) is 12.3 Å². The highest BCUT2D eigenvalue weighted by Crippen LogP contribution is 2.11. The van der Waals surface area contributed by atoms with Gasteiger partial charge in [-0.25, -0.2) is 4.98 Å². The zero-order valence-electron chi connectivity index (χ0n) is 7.41. The minimum atomic E-state index is 0.162. The zero-order chi connectivity index (χ0) is 8.97. The lowest BCUT2D eigenvalue weighted by Gasteiger charge is -2.12. The summed E-state index contributed by atoms with van der Waals surface area (Å²) in [5.74, 6) is 3.60. The third kappa shape index (κ3) is 1.66. The van der Waals surface area contributed by atoms with Crippen LogP contribution in [0, 0.1) is 12.3 Å². The topological polar surface area (TPSA) is 29.9 Å². The van der Waals surface area contributed by atoms with Crippen molar-refractivity contribution in [2.45, 2.75) is 12.5 Å². The van der Waals surface area contributed by atoms with Crippen molar-refractivity contribution in [3.63, 3.8) is 0 Å². The fourth-order valence-corrected chi connectivity index (χ4v) is 1.15. The van der Waals surface area contributed by atoms with Crippen molar-refractivity contribution in [1.29, 1.82) is 0 Å². The van der Waals surface area contributed by atoms with Gasteiger partial charge >= 0.3 is 0 Å².